The molecule has 6 nitrogen and oxygen atoms in total. The largest absolute Gasteiger partial charge is 0.277 e. The van der Waals surface area contributed by atoms with Crippen LogP contribution < -0.4 is 9.44 Å². The van der Waals surface area contributed by atoms with Gasteiger partial charge in [0, 0.05) is 0 Å². The first kappa shape index (κ1) is 23.1. The molecule has 0 bridgehead atoms. The first-order valence-corrected chi connectivity index (χ1v) is 12.9. The van der Waals surface area contributed by atoms with Gasteiger partial charge in [-0.2, -0.15) is 0 Å². The van der Waals surface area contributed by atoms with Crippen molar-refractivity contribution in [2.75, 3.05) is 9.44 Å². The quantitative estimate of drug-likeness (QED) is 0.406. The molecule has 0 amide bonds. The third-order valence-electron chi connectivity index (χ3n) is 3.75. The molecule has 0 radical (unpaired) electrons. The van der Waals surface area contributed by atoms with Crippen molar-refractivity contribution in [2.24, 2.45) is 0 Å². The highest BCUT2D eigenvalue weighted by atomic mass is 35.5. The van der Waals surface area contributed by atoms with Gasteiger partial charge in [-0.15, -0.1) is 11.3 Å². The lowest BCUT2D eigenvalue weighted by atomic mass is 10.2. The van der Waals surface area contributed by atoms with Gasteiger partial charge < -0.3 is 0 Å². The maximum Gasteiger partial charge on any atom is 0.271 e. The summed E-state index contributed by atoms with van der Waals surface area (Å²) < 4.78 is 68.1. The van der Waals surface area contributed by atoms with E-state index < -0.39 is 26.7 Å². The van der Waals surface area contributed by atoms with E-state index in [1.165, 1.54) is 24.3 Å². The lowest BCUT2D eigenvalue weighted by molar-refractivity contribution is 0.485. The second-order valence-corrected chi connectivity index (χ2v) is 11.6. The van der Waals surface area contributed by atoms with E-state index >= 15 is 0 Å². The average molecular weight is 530 g/mol. The Morgan fingerprint density at radius 2 is 1.43 bits per heavy atom. The highest BCUT2D eigenvalue weighted by molar-refractivity contribution is 7.94. The van der Waals surface area contributed by atoms with E-state index in [0.29, 0.717) is 0 Å². The van der Waals surface area contributed by atoms with Crippen LogP contribution in [0.15, 0.2) is 56.9 Å². The van der Waals surface area contributed by atoms with Gasteiger partial charge in [0.25, 0.3) is 20.0 Å². The highest BCUT2D eigenvalue weighted by Gasteiger charge is 2.23. The van der Waals surface area contributed by atoms with Crippen molar-refractivity contribution >= 4 is 77.6 Å². The van der Waals surface area contributed by atoms with Crippen LogP contribution in [-0.4, -0.2) is 16.8 Å². The van der Waals surface area contributed by atoms with Crippen molar-refractivity contribution in [3.63, 3.8) is 0 Å². The van der Waals surface area contributed by atoms with Gasteiger partial charge in [0.1, 0.15) is 15.8 Å². The Bertz CT molecular complexity index is 1300. The topological polar surface area (TPSA) is 92.3 Å². The second kappa shape index (κ2) is 8.89. The zero-order chi connectivity index (χ0) is 22.1. The Kier molecular flexibility index (Phi) is 6.85. The van der Waals surface area contributed by atoms with Crippen molar-refractivity contribution < 1.29 is 21.2 Å². The molecule has 160 valence electrons. The number of rotatable bonds is 7. The molecule has 2 N–H and O–H groups in total. The second-order valence-electron chi connectivity index (χ2n) is 5.85. The Labute approximate surface area is 191 Å². The van der Waals surface area contributed by atoms with Gasteiger partial charge in [-0.3, -0.25) is 9.44 Å². The van der Waals surface area contributed by atoms with E-state index in [9.17, 15) is 21.2 Å². The number of anilines is 2. The molecule has 0 unspecified atom stereocenters. The fourth-order valence-corrected chi connectivity index (χ4v) is 6.40. The van der Waals surface area contributed by atoms with Crippen molar-refractivity contribution in [1.29, 1.82) is 0 Å². The molecule has 3 rings (SSSR count). The normalized spacial score (nSPS) is 12.0. The first-order chi connectivity index (χ1) is 14.0. The van der Waals surface area contributed by atoms with E-state index in [4.69, 9.17) is 34.8 Å². The van der Waals surface area contributed by atoms with Crippen molar-refractivity contribution in [1.82, 2.24) is 0 Å². The van der Waals surface area contributed by atoms with Crippen LogP contribution in [0.1, 0.15) is 5.56 Å². The minimum atomic E-state index is -4.27. The summed E-state index contributed by atoms with van der Waals surface area (Å²) in [5, 5.41) is 1.38. The van der Waals surface area contributed by atoms with Crippen LogP contribution in [0.2, 0.25) is 15.1 Å². The minimum absolute atomic E-state index is 0.00712. The molecule has 0 atom stereocenters. The number of nitrogens with one attached hydrogen (secondary N) is 2. The van der Waals surface area contributed by atoms with Crippen LogP contribution in [0.3, 0.4) is 0 Å². The number of hydrogen-bond acceptors (Lipinski definition) is 5. The van der Waals surface area contributed by atoms with Gasteiger partial charge in [-0.1, -0.05) is 46.9 Å². The number of thiophene rings is 1. The molecule has 0 fully saturated rings. The predicted molar refractivity (Wildman–Crippen MR) is 119 cm³/mol. The van der Waals surface area contributed by atoms with Crippen LogP contribution in [0.5, 0.6) is 0 Å². The summed E-state index contributed by atoms with van der Waals surface area (Å²) in [6.45, 7) is -0.811. The number of sulfonamides is 2. The third kappa shape index (κ3) is 5.01. The molecule has 0 aliphatic heterocycles. The molecule has 0 saturated heterocycles. The highest BCUT2D eigenvalue weighted by Crippen LogP contribution is 2.36. The van der Waals surface area contributed by atoms with Gasteiger partial charge >= 0.3 is 0 Å². The zero-order valence-corrected chi connectivity index (χ0v) is 19.4. The molecule has 1 aromatic heterocycles. The zero-order valence-electron chi connectivity index (χ0n) is 14.7. The van der Waals surface area contributed by atoms with Gasteiger partial charge in [0.2, 0.25) is 0 Å². The molecule has 30 heavy (non-hydrogen) atoms. The van der Waals surface area contributed by atoms with E-state index in [-0.39, 0.29) is 41.1 Å². The maximum absolute atomic E-state index is 12.8. The molecular weight excluding hydrogens is 518 g/mol. The number of hydrogen-bond donors (Lipinski definition) is 2. The van der Waals surface area contributed by atoms with E-state index in [1.807, 2.05) is 0 Å². The minimum Gasteiger partial charge on any atom is -0.277 e. The Hall–Kier alpha value is -1.56. The molecule has 13 heteroatoms. The molecular formula is C17H12Cl3FN2O4S3. The standard InChI is InChI=1S/C17H12Cl3FN2O4S3/c18-11-7-14(22-29(24,25)16-4-3-10(9-21)6-13(16)20)15(8-12(11)19)23-30(26,27)17-2-1-5-28-17/h1-8,22-23H,9H2. The summed E-state index contributed by atoms with van der Waals surface area (Å²) in [7, 11) is -8.26. The van der Waals surface area contributed by atoms with Gasteiger partial charge in [0.05, 0.1) is 26.4 Å². The maximum atomic E-state index is 12.8. The van der Waals surface area contributed by atoms with Crippen molar-refractivity contribution in [2.45, 2.75) is 15.8 Å². The monoisotopic (exact) mass is 528 g/mol. The molecule has 0 saturated carbocycles. The molecule has 0 aliphatic rings. The fourth-order valence-electron chi connectivity index (χ4n) is 2.37. The number of halogens is 4. The average Bonchev–Trinajstić information content (AvgIpc) is 3.21. The number of alkyl halides is 1. The van der Waals surface area contributed by atoms with Crippen LogP contribution >= 0.6 is 46.1 Å². The fraction of sp³-hybridized carbons (Fsp3) is 0.0588. The molecule has 0 aliphatic carbocycles. The Balaban J connectivity index is 2.03. The van der Waals surface area contributed by atoms with Crippen LogP contribution in [0, 0.1) is 0 Å². The summed E-state index contributed by atoms with van der Waals surface area (Å²) in [5.74, 6) is 0. The third-order valence-corrected chi connectivity index (χ3v) is 9.08. The molecule has 3 aromatic rings. The van der Waals surface area contributed by atoms with Crippen molar-refractivity contribution in [3.05, 3.63) is 68.5 Å². The lowest BCUT2D eigenvalue weighted by Crippen LogP contribution is -2.17. The SMILES string of the molecule is O=S(=O)(Nc1cc(Cl)c(Cl)cc1NS(=O)(=O)c1ccc(CF)cc1Cl)c1cccs1. The summed E-state index contributed by atoms with van der Waals surface area (Å²) in [6, 6.07) is 8.90. The summed E-state index contributed by atoms with van der Waals surface area (Å²) in [6.07, 6.45) is 0. The van der Waals surface area contributed by atoms with Crippen molar-refractivity contribution in [3.8, 4) is 0 Å². The Morgan fingerprint density at radius 1 is 0.833 bits per heavy atom. The van der Waals surface area contributed by atoms with Crippen LogP contribution in [0.25, 0.3) is 0 Å². The summed E-state index contributed by atoms with van der Waals surface area (Å²) >= 11 is 18.9. The van der Waals surface area contributed by atoms with E-state index in [1.54, 1.807) is 11.4 Å². The molecule has 0 spiro atoms. The molecule has 1 heterocycles. The van der Waals surface area contributed by atoms with E-state index in [2.05, 4.69) is 9.44 Å². The number of benzene rings is 2. The summed E-state index contributed by atoms with van der Waals surface area (Å²) in [5.41, 5.74) is -0.106. The van der Waals surface area contributed by atoms with E-state index in [0.717, 1.165) is 23.5 Å². The smallest absolute Gasteiger partial charge is 0.271 e. The summed E-state index contributed by atoms with van der Waals surface area (Å²) in [4.78, 5) is -0.320. The van der Waals surface area contributed by atoms with Crippen LogP contribution in [0.4, 0.5) is 15.8 Å². The van der Waals surface area contributed by atoms with Gasteiger partial charge in [-0.05, 0) is 41.3 Å². The first-order valence-electron chi connectivity index (χ1n) is 7.96. The van der Waals surface area contributed by atoms with Gasteiger partial charge in [0.15, 0.2) is 0 Å². The van der Waals surface area contributed by atoms with Gasteiger partial charge in [-0.25, -0.2) is 21.2 Å². The lowest BCUT2D eigenvalue weighted by Gasteiger charge is -2.16. The Morgan fingerprint density at radius 3 is 1.93 bits per heavy atom. The molecule has 2 aromatic carbocycles. The van der Waals surface area contributed by atoms with Crippen LogP contribution in [-0.2, 0) is 26.7 Å². The predicted octanol–water partition coefficient (Wildman–Crippen LogP) is 5.78.